The van der Waals surface area contributed by atoms with E-state index >= 15 is 0 Å². The van der Waals surface area contributed by atoms with Crippen molar-refractivity contribution in [2.45, 2.75) is 309 Å². The third-order valence-corrected chi connectivity index (χ3v) is 12.5. The predicted molar refractivity (Wildman–Crippen MR) is 270 cm³/mol. The minimum absolute atomic E-state index is 0.0862. The van der Waals surface area contributed by atoms with E-state index in [0.29, 0.717) is 26.1 Å². The Morgan fingerprint density at radius 3 is 1.03 bits per heavy atom. The zero-order chi connectivity index (χ0) is 44.9. The highest BCUT2D eigenvalue weighted by molar-refractivity contribution is 5.70. The lowest BCUT2D eigenvalue weighted by Gasteiger charge is -2.18. The first-order chi connectivity index (χ1) is 30.6. The van der Waals surface area contributed by atoms with Gasteiger partial charge in [0.25, 0.3) is 0 Å². The molecule has 0 saturated heterocycles. The highest BCUT2D eigenvalue weighted by Gasteiger charge is 2.17. The number of esters is 2. The maximum Gasteiger partial charge on any atom is 0.306 e. The molecule has 0 heterocycles. The zero-order valence-corrected chi connectivity index (χ0v) is 42.2. The van der Waals surface area contributed by atoms with Crippen molar-refractivity contribution in [2.75, 3.05) is 19.8 Å². The van der Waals surface area contributed by atoms with Gasteiger partial charge >= 0.3 is 11.9 Å². The van der Waals surface area contributed by atoms with Crippen LogP contribution in [-0.4, -0.2) is 37.9 Å². The van der Waals surface area contributed by atoms with Crippen molar-refractivity contribution in [2.24, 2.45) is 0 Å². The van der Waals surface area contributed by atoms with E-state index in [2.05, 4.69) is 45.1 Å². The van der Waals surface area contributed by atoms with Gasteiger partial charge in [-0.15, -0.1) is 0 Å². The van der Waals surface area contributed by atoms with Crippen molar-refractivity contribution >= 4 is 11.9 Å². The van der Waals surface area contributed by atoms with Crippen molar-refractivity contribution in [3.8, 4) is 0 Å². The van der Waals surface area contributed by atoms with Crippen LogP contribution >= 0.6 is 0 Å². The van der Waals surface area contributed by atoms with E-state index in [1.807, 2.05) is 0 Å². The lowest BCUT2D eigenvalue weighted by Crippen LogP contribution is -2.30. The van der Waals surface area contributed by atoms with Gasteiger partial charge < -0.3 is 14.2 Å². The number of carbonyl (C=O) groups is 2. The van der Waals surface area contributed by atoms with Gasteiger partial charge in [-0.3, -0.25) is 9.59 Å². The van der Waals surface area contributed by atoms with Gasteiger partial charge in [0.1, 0.15) is 6.61 Å². The van der Waals surface area contributed by atoms with Crippen LogP contribution in [0.3, 0.4) is 0 Å². The van der Waals surface area contributed by atoms with E-state index in [1.54, 1.807) is 0 Å². The fourth-order valence-electron chi connectivity index (χ4n) is 8.25. The first-order valence-corrected chi connectivity index (χ1v) is 27.9. The van der Waals surface area contributed by atoms with E-state index in [-0.39, 0.29) is 18.5 Å². The lowest BCUT2D eigenvalue weighted by molar-refractivity contribution is -0.163. The third kappa shape index (κ3) is 51.0. The Bertz CT molecular complexity index is 943. The fraction of sp³-hybridized carbons (Fsp3) is 0.895. The summed E-state index contributed by atoms with van der Waals surface area (Å²) in [5.74, 6) is -0.395. The molecule has 62 heavy (non-hydrogen) atoms. The Balaban J connectivity index is 4.17. The molecule has 0 aliphatic rings. The quantitative estimate of drug-likeness (QED) is 0.0346. The second kappa shape index (κ2) is 53.7. The molecule has 0 bridgehead atoms. The van der Waals surface area contributed by atoms with Gasteiger partial charge in [0, 0.05) is 19.4 Å². The molecule has 0 aliphatic carbocycles. The van der Waals surface area contributed by atoms with Crippen LogP contribution in [0.2, 0.25) is 0 Å². The zero-order valence-electron chi connectivity index (χ0n) is 42.2. The molecule has 0 spiro atoms. The molecule has 0 rings (SSSR count). The number of allylic oxidation sites excluding steroid dienone is 4. The smallest absolute Gasteiger partial charge is 0.306 e. The molecular formula is C57H108O5. The minimum Gasteiger partial charge on any atom is -0.462 e. The Hall–Kier alpha value is -1.62. The van der Waals surface area contributed by atoms with E-state index in [9.17, 15) is 9.59 Å². The molecule has 0 aromatic carbocycles. The number of hydrogen-bond acceptors (Lipinski definition) is 5. The second-order valence-corrected chi connectivity index (χ2v) is 18.8. The highest BCUT2D eigenvalue weighted by atomic mass is 16.6. The van der Waals surface area contributed by atoms with Crippen LogP contribution in [0.15, 0.2) is 24.3 Å². The molecule has 0 N–H and O–H groups in total. The minimum atomic E-state index is -0.535. The molecule has 1 atom stereocenters. The summed E-state index contributed by atoms with van der Waals surface area (Å²) in [7, 11) is 0. The molecule has 0 fully saturated rings. The van der Waals surface area contributed by atoms with Gasteiger partial charge in [0.15, 0.2) is 6.10 Å². The summed E-state index contributed by atoms with van der Waals surface area (Å²) in [6.45, 7) is 7.84. The van der Waals surface area contributed by atoms with Crippen LogP contribution in [0.1, 0.15) is 303 Å². The Kier molecular flexibility index (Phi) is 52.3. The first-order valence-electron chi connectivity index (χ1n) is 27.9. The van der Waals surface area contributed by atoms with Crippen LogP contribution in [0.25, 0.3) is 0 Å². The molecule has 5 heteroatoms. The molecule has 0 aromatic heterocycles. The molecule has 0 saturated carbocycles. The van der Waals surface area contributed by atoms with Gasteiger partial charge in [-0.05, 0) is 64.2 Å². The second-order valence-electron chi connectivity index (χ2n) is 18.8. The average Bonchev–Trinajstić information content (AvgIpc) is 3.27. The summed E-state index contributed by atoms with van der Waals surface area (Å²) in [6.07, 6.45) is 63.4. The predicted octanol–water partition coefficient (Wildman–Crippen LogP) is 18.8. The standard InChI is InChI=1S/C57H108O5/c1-4-7-10-13-16-19-22-24-26-28-30-32-34-37-40-43-46-49-52-60-53-55(62-57(59)51-48-45-42-39-35-21-18-15-12-9-6-3)54-61-56(58)50-47-44-41-38-36-33-31-29-27-25-23-20-17-14-11-8-5-2/h15,18,25,27,55H,4-14,16-17,19-24,26,28-54H2,1-3H3/b18-15-,27-25-. The van der Waals surface area contributed by atoms with E-state index in [1.165, 1.54) is 225 Å². The largest absolute Gasteiger partial charge is 0.462 e. The molecule has 0 aliphatic heterocycles. The van der Waals surface area contributed by atoms with E-state index < -0.39 is 6.10 Å². The van der Waals surface area contributed by atoms with Crippen LogP contribution in [0.4, 0.5) is 0 Å². The molecule has 5 nitrogen and oxygen atoms in total. The number of ether oxygens (including phenoxy) is 3. The monoisotopic (exact) mass is 873 g/mol. The number of unbranched alkanes of at least 4 members (excludes halogenated alkanes) is 37. The van der Waals surface area contributed by atoms with Crippen molar-refractivity contribution in [1.29, 1.82) is 0 Å². The van der Waals surface area contributed by atoms with Crippen LogP contribution in [-0.2, 0) is 23.8 Å². The number of rotatable bonds is 52. The van der Waals surface area contributed by atoms with Crippen molar-refractivity contribution in [3.63, 3.8) is 0 Å². The van der Waals surface area contributed by atoms with Crippen molar-refractivity contribution in [3.05, 3.63) is 24.3 Å². The number of carbonyl (C=O) groups excluding carboxylic acids is 2. The summed E-state index contributed by atoms with van der Waals surface area (Å²) < 4.78 is 17.4. The lowest BCUT2D eigenvalue weighted by atomic mass is 10.0. The van der Waals surface area contributed by atoms with E-state index in [4.69, 9.17) is 14.2 Å². The highest BCUT2D eigenvalue weighted by Crippen LogP contribution is 2.16. The summed E-state index contributed by atoms with van der Waals surface area (Å²) in [5.41, 5.74) is 0. The van der Waals surface area contributed by atoms with Crippen LogP contribution in [0.5, 0.6) is 0 Å². The Morgan fingerprint density at radius 2 is 0.645 bits per heavy atom. The van der Waals surface area contributed by atoms with Crippen molar-refractivity contribution in [1.82, 2.24) is 0 Å². The van der Waals surface area contributed by atoms with Crippen LogP contribution in [0, 0.1) is 0 Å². The SMILES string of the molecule is CCCC/C=C\CCCCCCCC(=O)OC(COCCCCCCCCCCCCCCCCCCCC)COC(=O)CCCCCCCCC/C=C\CCCCCCCC. The molecule has 1 unspecified atom stereocenters. The third-order valence-electron chi connectivity index (χ3n) is 12.5. The van der Waals surface area contributed by atoms with Gasteiger partial charge in [-0.2, -0.15) is 0 Å². The summed E-state index contributed by atoms with van der Waals surface area (Å²) in [6, 6.07) is 0. The van der Waals surface area contributed by atoms with Gasteiger partial charge in [0.2, 0.25) is 0 Å². The van der Waals surface area contributed by atoms with Gasteiger partial charge in [-0.25, -0.2) is 0 Å². The first kappa shape index (κ1) is 60.4. The molecule has 0 radical (unpaired) electrons. The maximum absolute atomic E-state index is 12.8. The summed E-state index contributed by atoms with van der Waals surface area (Å²) >= 11 is 0. The van der Waals surface area contributed by atoms with Crippen molar-refractivity contribution < 1.29 is 23.8 Å². The normalized spacial score (nSPS) is 12.2. The topological polar surface area (TPSA) is 61.8 Å². The fourth-order valence-corrected chi connectivity index (χ4v) is 8.25. The Labute approximate surface area is 387 Å². The van der Waals surface area contributed by atoms with Gasteiger partial charge in [-0.1, -0.05) is 251 Å². The number of hydrogen-bond donors (Lipinski definition) is 0. The summed E-state index contributed by atoms with van der Waals surface area (Å²) in [4.78, 5) is 25.4. The summed E-state index contributed by atoms with van der Waals surface area (Å²) in [5, 5.41) is 0. The molecule has 0 aromatic rings. The molecule has 366 valence electrons. The van der Waals surface area contributed by atoms with Crippen LogP contribution < -0.4 is 0 Å². The molecular weight excluding hydrogens is 765 g/mol. The van der Waals surface area contributed by atoms with Gasteiger partial charge in [0.05, 0.1) is 6.61 Å². The van der Waals surface area contributed by atoms with E-state index in [0.717, 1.165) is 44.9 Å². The Morgan fingerprint density at radius 1 is 0.339 bits per heavy atom. The molecule has 0 amide bonds. The average molecular weight is 873 g/mol. The maximum atomic E-state index is 12.8.